The van der Waals surface area contributed by atoms with E-state index >= 15 is 0 Å². The molecule has 0 aliphatic carbocycles. The normalized spacial score (nSPS) is 12.7. The lowest BCUT2D eigenvalue weighted by molar-refractivity contribution is -0.143. The van der Waals surface area contributed by atoms with E-state index in [2.05, 4.69) is 43.5 Å². The van der Waals surface area contributed by atoms with E-state index in [1.165, 1.54) is 302 Å². The SMILES string of the molecule is CCCCCCCCC/C=C/C(O)C(CO)NC(=O)CCCCCCCCCCCCCCCCCCC/C=C\C/C=C\CCCCCCCCCCCCCOC(=O)CCCCCCCCCCCCCCCCC. The summed E-state index contributed by atoms with van der Waals surface area (Å²) in [6.07, 6.45) is 83.8. The van der Waals surface area contributed by atoms with E-state index in [1.54, 1.807) is 6.08 Å². The first-order valence-corrected chi connectivity index (χ1v) is 34.3. The minimum atomic E-state index is -0.840. The third kappa shape index (κ3) is 61.3. The molecule has 0 rings (SSSR count). The quantitative estimate of drug-likeness (QED) is 0.0320. The molecule has 1 amide bonds. The van der Waals surface area contributed by atoms with Crippen molar-refractivity contribution < 1.29 is 24.5 Å². The van der Waals surface area contributed by atoms with Crippen LogP contribution in [0, 0.1) is 0 Å². The van der Waals surface area contributed by atoms with Gasteiger partial charge in [0.2, 0.25) is 5.91 Å². The molecule has 6 nitrogen and oxygen atoms in total. The van der Waals surface area contributed by atoms with Crippen molar-refractivity contribution in [3.8, 4) is 0 Å². The van der Waals surface area contributed by atoms with Crippen molar-refractivity contribution in [2.24, 2.45) is 0 Å². The Kier molecular flexibility index (Phi) is 63.9. The van der Waals surface area contributed by atoms with E-state index in [0.29, 0.717) is 19.4 Å². The summed E-state index contributed by atoms with van der Waals surface area (Å²) >= 11 is 0. The Balaban J connectivity index is 3.34. The van der Waals surface area contributed by atoms with Crippen molar-refractivity contribution in [2.45, 2.75) is 386 Å². The zero-order valence-corrected chi connectivity index (χ0v) is 51.3. The number of esters is 1. The topological polar surface area (TPSA) is 95.9 Å². The Hall–Kier alpha value is -1.92. The van der Waals surface area contributed by atoms with Crippen LogP contribution in [0.25, 0.3) is 0 Å². The fraction of sp³-hybridized carbons (Fsp3) is 0.886. The number of aliphatic hydroxyl groups excluding tert-OH is 2. The van der Waals surface area contributed by atoms with Crippen molar-refractivity contribution in [3.05, 3.63) is 36.5 Å². The van der Waals surface area contributed by atoms with Gasteiger partial charge < -0.3 is 20.3 Å². The van der Waals surface area contributed by atoms with Crippen molar-refractivity contribution in [1.29, 1.82) is 0 Å². The van der Waals surface area contributed by atoms with Crippen molar-refractivity contribution in [1.82, 2.24) is 5.32 Å². The summed E-state index contributed by atoms with van der Waals surface area (Å²) in [7, 11) is 0. The van der Waals surface area contributed by atoms with Crippen LogP contribution in [0.3, 0.4) is 0 Å². The van der Waals surface area contributed by atoms with Crippen LogP contribution >= 0.6 is 0 Å². The second-order valence-electron chi connectivity index (χ2n) is 23.5. The molecule has 76 heavy (non-hydrogen) atoms. The second kappa shape index (κ2) is 65.6. The molecule has 0 saturated heterocycles. The number of hydrogen-bond donors (Lipinski definition) is 3. The smallest absolute Gasteiger partial charge is 0.305 e. The zero-order chi connectivity index (χ0) is 55.0. The van der Waals surface area contributed by atoms with Crippen LogP contribution in [0.2, 0.25) is 0 Å². The summed E-state index contributed by atoms with van der Waals surface area (Å²) in [6, 6.07) is -0.624. The van der Waals surface area contributed by atoms with Crippen molar-refractivity contribution in [3.63, 3.8) is 0 Å². The lowest BCUT2D eigenvalue weighted by Gasteiger charge is -2.20. The fourth-order valence-corrected chi connectivity index (χ4v) is 10.7. The molecule has 0 fully saturated rings. The van der Waals surface area contributed by atoms with Crippen LogP contribution in [0.5, 0.6) is 0 Å². The van der Waals surface area contributed by atoms with Gasteiger partial charge in [-0.2, -0.15) is 0 Å². The van der Waals surface area contributed by atoms with E-state index in [1.807, 2.05) is 6.08 Å². The number of carbonyl (C=O) groups excluding carboxylic acids is 2. The largest absolute Gasteiger partial charge is 0.466 e. The summed E-state index contributed by atoms with van der Waals surface area (Å²) < 4.78 is 5.50. The van der Waals surface area contributed by atoms with E-state index in [9.17, 15) is 19.8 Å². The van der Waals surface area contributed by atoms with Crippen LogP contribution in [-0.2, 0) is 14.3 Å². The summed E-state index contributed by atoms with van der Waals surface area (Å²) in [6.45, 7) is 4.90. The zero-order valence-electron chi connectivity index (χ0n) is 51.3. The Morgan fingerprint density at radius 3 is 1.00 bits per heavy atom. The lowest BCUT2D eigenvalue weighted by Crippen LogP contribution is -2.45. The second-order valence-corrected chi connectivity index (χ2v) is 23.5. The van der Waals surface area contributed by atoms with Crippen LogP contribution in [-0.4, -0.2) is 47.4 Å². The molecule has 0 heterocycles. The first kappa shape index (κ1) is 74.1. The number of ether oxygens (including phenoxy) is 1. The van der Waals surface area contributed by atoms with E-state index in [4.69, 9.17) is 4.74 Å². The van der Waals surface area contributed by atoms with Crippen LogP contribution in [0.1, 0.15) is 373 Å². The molecular weight excluding hydrogens is 935 g/mol. The third-order valence-corrected chi connectivity index (χ3v) is 15.9. The van der Waals surface area contributed by atoms with Crippen molar-refractivity contribution >= 4 is 11.9 Å². The molecule has 0 aromatic heterocycles. The number of allylic oxidation sites excluding steroid dienone is 5. The summed E-state index contributed by atoms with van der Waals surface area (Å²) in [5.74, 6) is -0.0477. The Morgan fingerprint density at radius 2 is 0.658 bits per heavy atom. The van der Waals surface area contributed by atoms with Crippen molar-refractivity contribution in [2.75, 3.05) is 13.2 Å². The molecule has 0 aliphatic rings. The number of unbranched alkanes of at least 4 members (excludes halogenated alkanes) is 49. The molecule has 0 spiro atoms. The van der Waals surface area contributed by atoms with Gasteiger partial charge in [-0.3, -0.25) is 9.59 Å². The maximum absolute atomic E-state index is 12.4. The van der Waals surface area contributed by atoms with Crippen LogP contribution in [0.4, 0.5) is 0 Å². The van der Waals surface area contributed by atoms with Gasteiger partial charge in [0.15, 0.2) is 0 Å². The van der Waals surface area contributed by atoms with Gasteiger partial charge in [-0.25, -0.2) is 0 Å². The number of hydrogen-bond acceptors (Lipinski definition) is 5. The van der Waals surface area contributed by atoms with Gasteiger partial charge >= 0.3 is 5.97 Å². The average molecular weight is 1070 g/mol. The molecule has 0 aliphatic heterocycles. The Morgan fingerprint density at radius 1 is 0.368 bits per heavy atom. The molecule has 6 heteroatoms. The van der Waals surface area contributed by atoms with Gasteiger partial charge in [0.05, 0.1) is 25.4 Å². The molecular formula is C70H133NO5. The predicted octanol–water partition coefficient (Wildman–Crippen LogP) is 21.9. The first-order valence-electron chi connectivity index (χ1n) is 34.3. The van der Waals surface area contributed by atoms with Gasteiger partial charge in [-0.1, -0.05) is 333 Å². The minimum Gasteiger partial charge on any atom is -0.466 e. The number of carbonyl (C=O) groups is 2. The highest BCUT2D eigenvalue weighted by Gasteiger charge is 2.18. The maximum Gasteiger partial charge on any atom is 0.305 e. The summed E-state index contributed by atoms with van der Waals surface area (Å²) in [4.78, 5) is 24.5. The molecule has 0 saturated carbocycles. The number of amides is 1. The van der Waals surface area contributed by atoms with E-state index in [0.717, 1.165) is 44.9 Å². The Labute approximate surface area is 474 Å². The first-order chi connectivity index (χ1) is 37.5. The monoisotopic (exact) mass is 1070 g/mol. The van der Waals surface area contributed by atoms with Crippen LogP contribution in [0.15, 0.2) is 36.5 Å². The Bertz CT molecular complexity index is 1230. The van der Waals surface area contributed by atoms with Crippen LogP contribution < -0.4 is 5.32 Å². The lowest BCUT2D eigenvalue weighted by atomic mass is 10.0. The number of aliphatic hydroxyl groups is 2. The van der Waals surface area contributed by atoms with Gasteiger partial charge in [0.25, 0.3) is 0 Å². The minimum absolute atomic E-state index is 0.0196. The molecule has 0 bridgehead atoms. The molecule has 0 aromatic rings. The standard InChI is InChI=1S/C70H133NO5/c1-3-5-7-9-11-13-14-15-37-41-44-48-52-56-60-64-70(75)76-65-61-57-53-49-45-42-39-36-34-32-30-28-26-24-22-20-18-16-17-19-21-23-25-27-29-31-33-35-38-40-43-47-51-55-59-63-69(74)71-67(66-72)68(73)62-58-54-50-46-12-10-8-6-4-2/h18,20,24,26,58,62,67-68,72-73H,3-17,19,21-23,25,27-57,59-61,63-66H2,1-2H3,(H,71,74)/b20-18-,26-24-,62-58+. The van der Waals surface area contributed by atoms with Gasteiger partial charge in [0.1, 0.15) is 0 Å². The number of rotatable bonds is 64. The predicted molar refractivity (Wildman–Crippen MR) is 333 cm³/mol. The fourth-order valence-electron chi connectivity index (χ4n) is 10.7. The van der Waals surface area contributed by atoms with E-state index in [-0.39, 0.29) is 18.5 Å². The van der Waals surface area contributed by atoms with E-state index < -0.39 is 12.1 Å². The maximum atomic E-state index is 12.4. The third-order valence-electron chi connectivity index (χ3n) is 15.9. The molecule has 448 valence electrons. The molecule has 2 atom stereocenters. The van der Waals surface area contributed by atoms with Gasteiger partial charge in [-0.05, 0) is 64.2 Å². The molecule has 0 aromatic carbocycles. The molecule has 3 N–H and O–H groups in total. The highest BCUT2D eigenvalue weighted by atomic mass is 16.5. The molecule has 0 radical (unpaired) electrons. The number of nitrogens with one attached hydrogen (secondary N) is 1. The average Bonchev–Trinajstić information content (AvgIpc) is 3.42. The molecule has 2 unspecified atom stereocenters. The highest BCUT2D eigenvalue weighted by Crippen LogP contribution is 2.18. The van der Waals surface area contributed by atoms with Gasteiger partial charge in [-0.15, -0.1) is 0 Å². The highest BCUT2D eigenvalue weighted by molar-refractivity contribution is 5.76. The summed E-state index contributed by atoms with van der Waals surface area (Å²) in [5, 5.41) is 23.0. The summed E-state index contributed by atoms with van der Waals surface area (Å²) in [5.41, 5.74) is 0. The van der Waals surface area contributed by atoms with Gasteiger partial charge in [0, 0.05) is 12.8 Å².